The van der Waals surface area contributed by atoms with Gasteiger partial charge in [-0.25, -0.2) is 8.42 Å². The lowest BCUT2D eigenvalue weighted by molar-refractivity contribution is 0.412. The van der Waals surface area contributed by atoms with Crippen LogP contribution in [-0.4, -0.2) is 30.8 Å². The molecule has 23 heavy (non-hydrogen) atoms. The molecule has 0 aliphatic heterocycles. The van der Waals surface area contributed by atoms with Crippen molar-refractivity contribution in [1.29, 1.82) is 5.26 Å². The number of sulfonamides is 1. The molecule has 0 aliphatic rings. The van der Waals surface area contributed by atoms with Crippen molar-refractivity contribution in [2.24, 2.45) is 0 Å². The standard InChI is InChI=1S/C17H19N3O2S/c1-2-12-20(13-10-16-5-3-4-11-19-16)23(21,22)17-8-6-15(14-18)7-9-17/h3-9,11H,2,10,12-13H2,1H3. The Kier molecular flexibility index (Phi) is 5.85. The highest BCUT2D eigenvalue weighted by atomic mass is 32.2. The summed E-state index contributed by atoms with van der Waals surface area (Å²) < 4.78 is 27.0. The Balaban J connectivity index is 2.18. The monoisotopic (exact) mass is 329 g/mol. The largest absolute Gasteiger partial charge is 0.261 e. The quantitative estimate of drug-likeness (QED) is 0.782. The number of aromatic nitrogens is 1. The third kappa shape index (κ3) is 4.38. The first-order valence-corrected chi connectivity index (χ1v) is 8.92. The number of pyridine rings is 1. The van der Waals surface area contributed by atoms with Crippen LogP contribution in [0.4, 0.5) is 0 Å². The maximum absolute atomic E-state index is 12.8. The van der Waals surface area contributed by atoms with Crippen molar-refractivity contribution in [2.45, 2.75) is 24.7 Å². The summed E-state index contributed by atoms with van der Waals surface area (Å²) in [4.78, 5) is 4.44. The van der Waals surface area contributed by atoms with Crippen molar-refractivity contribution in [3.8, 4) is 6.07 Å². The molecule has 0 amide bonds. The van der Waals surface area contributed by atoms with E-state index in [2.05, 4.69) is 4.98 Å². The lowest BCUT2D eigenvalue weighted by Crippen LogP contribution is -2.33. The first kappa shape index (κ1) is 17.1. The summed E-state index contributed by atoms with van der Waals surface area (Å²) >= 11 is 0. The van der Waals surface area contributed by atoms with Crippen LogP contribution in [0, 0.1) is 11.3 Å². The van der Waals surface area contributed by atoms with Gasteiger partial charge >= 0.3 is 0 Å². The van der Waals surface area contributed by atoms with E-state index in [0.717, 1.165) is 12.1 Å². The molecule has 0 radical (unpaired) electrons. The van der Waals surface area contributed by atoms with Crippen LogP contribution in [-0.2, 0) is 16.4 Å². The summed E-state index contributed by atoms with van der Waals surface area (Å²) in [7, 11) is -3.56. The molecule has 0 N–H and O–H groups in total. The third-order valence-electron chi connectivity index (χ3n) is 3.44. The lowest BCUT2D eigenvalue weighted by atomic mass is 10.2. The fraction of sp³-hybridized carbons (Fsp3) is 0.294. The van der Waals surface area contributed by atoms with Crippen molar-refractivity contribution in [3.05, 3.63) is 59.9 Å². The van der Waals surface area contributed by atoms with E-state index in [4.69, 9.17) is 5.26 Å². The van der Waals surface area contributed by atoms with Gasteiger partial charge in [0.15, 0.2) is 0 Å². The molecule has 1 aromatic carbocycles. The minimum Gasteiger partial charge on any atom is -0.261 e. The van der Waals surface area contributed by atoms with Gasteiger partial charge in [-0.1, -0.05) is 13.0 Å². The molecule has 120 valence electrons. The summed E-state index contributed by atoms with van der Waals surface area (Å²) in [6, 6.07) is 13.6. The molecular formula is C17H19N3O2S. The first-order valence-electron chi connectivity index (χ1n) is 7.48. The Labute approximate surface area is 137 Å². The van der Waals surface area contributed by atoms with Gasteiger partial charge in [-0.15, -0.1) is 0 Å². The van der Waals surface area contributed by atoms with Crippen molar-refractivity contribution in [1.82, 2.24) is 9.29 Å². The molecular weight excluding hydrogens is 310 g/mol. The van der Waals surface area contributed by atoms with E-state index in [1.54, 1.807) is 6.20 Å². The van der Waals surface area contributed by atoms with Crippen LogP contribution >= 0.6 is 0 Å². The minimum atomic E-state index is -3.56. The number of hydrogen-bond acceptors (Lipinski definition) is 4. The summed E-state index contributed by atoms with van der Waals surface area (Å²) in [5, 5.41) is 8.82. The molecule has 0 saturated heterocycles. The molecule has 1 heterocycles. The van der Waals surface area contributed by atoms with E-state index in [0.29, 0.717) is 25.1 Å². The highest BCUT2D eigenvalue weighted by Gasteiger charge is 2.23. The van der Waals surface area contributed by atoms with E-state index in [-0.39, 0.29) is 4.90 Å². The lowest BCUT2D eigenvalue weighted by Gasteiger charge is -2.21. The second kappa shape index (κ2) is 7.86. The Hall–Kier alpha value is -2.23. The van der Waals surface area contributed by atoms with Crippen LogP contribution in [0.1, 0.15) is 24.6 Å². The maximum Gasteiger partial charge on any atom is 0.243 e. The van der Waals surface area contributed by atoms with Crippen molar-refractivity contribution >= 4 is 10.0 Å². The fourth-order valence-corrected chi connectivity index (χ4v) is 3.77. The van der Waals surface area contributed by atoms with E-state index < -0.39 is 10.0 Å². The molecule has 2 aromatic rings. The predicted octanol–water partition coefficient (Wildman–Crippen LogP) is 2.60. The van der Waals surface area contributed by atoms with Crippen molar-refractivity contribution in [2.75, 3.05) is 13.1 Å². The number of rotatable bonds is 7. The SMILES string of the molecule is CCCN(CCc1ccccn1)S(=O)(=O)c1ccc(C#N)cc1. The zero-order chi connectivity index (χ0) is 16.7. The van der Waals surface area contributed by atoms with Gasteiger partial charge in [0.25, 0.3) is 0 Å². The van der Waals surface area contributed by atoms with Crippen LogP contribution < -0.4 is 0 Å². The van der Waals surface area contributed by atoms with Gasteiger partial charge in [-0.3, -0.25) is 4.98 Å². The summed E-state index contributed by atoms with van der Waals surface area (Å²) in [5.41, 5.74) is 1.31. The second-order valence-corrected chi connectivity index (χ2v) is 7.05. The minimum absolute atomic E-state index is 0.214. The van der Waals surface area contributed by atoms with E-state index in [1.807, 2.05) is 31.2 Å². The number of nitriles is 1. The number of benzene rings is 1. The molecule has 0 atom stereocenters. The zero-order valence-electron chi connectivity index (χ0n) is 13.0. The summed E-state index contributed by atoms with van der Waals surface area (Å²) in [6.45, 7) is 2.78. The Morgan fingerprint density at radius 3 is 2.43 bits per heavy atom. The molecule has 0 fully saturated rings. The van der Waals surface area contributed by atoms with Gasteiger partial charge in [0.05, 0.1) is 16.5 Å². The average molecular weight is 329 g/mol. The summed E-state index contributed by atoms with van der Waals surface area (Å²) in [5.74, 6) is 0. The predicted molar refractivity (Wildman–Crippen MR) is 88.1 cm³/mol. The van der Waals surface area contributed by atoms with Gasteiger partial charge in [-0.2, -0.15) is 9.57 Å². The molecule has 0 bridgehead atoms. The van der Waals surface area contributed by atoms with Crippen LogP contribution in [0.2, 0.25) is 0 Å². The fourth-order valence-electron chi connectivity index (χ4n) is 2.24. The van der Waals surface area contributed by atoms with Gasteiger partial charge in [-0.05, 0) is 42.8 Å². The highest BCUT2D eigenvalue weighted by Crippen LogP contribution is 2.17. The number of nitrogens with zero attached hydrogens (tertiary/aromatic N) is 3. The van der Waals surface area contributed by atoms with Crippen molar-refractivity contribution in [3.63, 3.8) is 0 Å². The molecule has 5 nitrogen and oxygen atoms in total. The Morgan fingerprint density at radius 1 is 1.13 bits per heavy atom. The van der Waals surface area contributed by atoms with Gasteiger partial charge in [0.2, 0.25) is 10.0 Å². The topological polar surface area (TPSA) is 74.1 Å². The maximum atomic E-state index is 12.8. The Morgan fingerprint density at radius 2 is 1.87 bits per heavy atom. The van der Waals surface area contributed by atoms with Crippen LogP contribution in [0.15, 0.2) is 53.6 Å². The van der Waals surface area contributed by atoms with Gasteiger partial charge in [0.1, 0.15) is 0 Å². The van der Waals surface area contributed by atoms with Gasteiger partial charge in [0, 0.05) is 31.4 Å². The molecule has 1 aromatic heterocycles. The molecule has 0 aliphatic carbocycles. The van der Waals surface area contributed by atoms with E-state index >= 15 is 0 Å². The molecule has 0 unspecified atom stereocenters. The third-order valence-corrected chi connectivity index (χ3v) is 5.35. The van der Waals surface area contributed by atoms with Crippen LogP contribution in [0.3, 0.4) is 0 Å². The average Bonchev–Trinajstić information content (AvgIpc) is 2.59. The normalized spacial score (nSPS) is 11.3. The van der Waals surface area contributed by atoms with E-state index in [1.165, 1.54) is 28.6 Å². The molecule has 0 spiro atoms. The van der Waals surface area contributed by atoms with Gasteiger partial charge < -0.3 is 0 Å². The second-order valence-electron chi connectivity index (χ2n) is 5.11. The smallest absolute Gasteiger partial charge is 0.243 e. The number of hydrogen-bond donors (Lipinski definition) is 0. The molecule has 6 heteroatoms. The molecule has 2 rings (SSSR count). The van der Waals surface area contributed by atoms with Crippen LogP contribution in [0.25, 0.3) is 0 Å². The molecule has 0 saturated carbocycles. The first-order chi connectivity index (χ1) is 11.1. The van der Waals surface area contributed by atoms with E-state index in [9.17, 15) is 8.42 Å². The van der Waals surface area contributed by atoms with Crippen molar-refractivity contribution < 1.29 is 8.42 Å². The highest BCUT2D eigenvalue weighted by molar-refractivity contribution is 7.89. The Bertz CT molecular complexity index is 766. The zero-order valence-corrected chi connectivity index (χ0v) is 13.8. The van der Waals surface area contributed by atoms with Crippen LogP contribution in [0.5, 0.6) is 0 Å². The summed E-state index contributed by atoms with van der Waals surface area (Å²) in [6.07, 6.45) is 3.00.